The van der Waals surface area contributed by atoms with E-state index in [0.717, 1.165) is 21.5 Å². The fraction of sp³-hybridized carbons (Fsp3) is 0.125. The van der Waals surface area contributed by atoms with E-state index in [9.17, 15) is 4.39 Å². The van der Waals surface area contributed by atoms with Gasteiger partial charge in [0.2, 0.25) is 0 Å². The van der Waals surface area contributed by atoms with E-state index in [-0.39, 0.29) is 11.6 Å². The molecule has 0 amide bonds. The molecule has 2 heteroatoms. The van der Waals surface area contributed by atoms with Crippen LogP contribution in [-0.4, -0.2) is 7.11 Å². The van der Waals surface area contributed by atoms with Gasteiger partial charge in [-0.1, -0.05) is 35.9 Å². The second-order valence-electron chi connectivity index (χ2n) is 4.50. The fourth-order valence-corrected chi connectivity index (χ4v) is 2.34. The van der Waals surface area contributed by atoms with Crippen LogP contribution in [0.25, 0.3) is 21.5 Å². The van der Waals surface area contributed by atoms with Gasteiger partial charge < -0.3 is 4.74 Å². The number of ether oxygens (including phenoxy) is 1. The highest BCUT2D eigenvalue weighted by atomic mass is 19.1. The first-order chi connectivity index (χ1) is 8.69. The van der Waals surface area contributed by atoms with Crippen molar-refractivity contribution in [2.24, 2.45) is 0 Å². The molecular weight excluding hydrogens is 227 g/mol. The molecule has 90 valence electrons. The first-order valence-corrected chi connectivity index (χ1v) is 5.85. The zero-order valence-corrected chi connectivity index (χ0v) is 10.3. The van der Waals surface area contributed by atoms with Crippen molar-refractivity contribution < 1.29 is 9.13 Å². The van der Waals surface area contributed by atoms with Gasteiger partial charge in [-0.05, 0) is 40.6 Å². The van der Waals surface area contributed by atoms with E-state index in [0.29, 0.717) is 0 Å². The summed E-state index contributed by atoms with van der Waals surface area (Å²) in [4.78, 5) is 0. The molecule has 0 spiro atoms. The summed E-state index contributed by atoms with van der Waals surface area (Å²) in [5.74, 6) is -0.0352. The van der Waals surface area contributed by atoms with Gasteiger partial charge in [0, 0.05) is 0 Å². The van der Waals surface area contributed by atoms with Crippen LogP contribution in [0.4, 0.5) is 4.39 Å². The number of halogens is 1. The summed E-state index contributed by atoms with van der Waals surface area (Å²) in [7, 11) is 1.48. The number of hydrogen-bond donors (Lipinski definition) is 0. The van der Waals surface area contributed by atoms with Crippen LogP contribution in [-0.2, 0) is 0 Å². The van der Waals surface area contributed by atoms with Gasteiger partial charge in [-0.25, -0.2) is 4.39 Å². The molecule has 0 saturated heterocycles. The lowest BCUT2D eigenvalue weighted by atomic mass is 10.00. The molecule has 0 radical (unpaired) electrons. The van der Waals surface area contributed by atoms with Crippen LogP contribution < -0.4 is 4.74 Å². The van der Waals surface area contributed by atoms with Crippen LogP contribution in [0.3, 0.4) is 0 Å². The largest absolute Gasteiger partial charge is 0.494 e. The SMILES string of the molecule is COc1cc2ccc3cc(C)ccc3c2cc1F. The molecule has 0 aliphatic rings. The third-order valence-electron chi connectivity index (χ3n) is 3.26. The van der Waals surface area contributed by atoms with Crippen LogP contribution in [0.15, 0.2) is 42.5 Å². The Kier molecular flexibility index (Phi) is 2.44. The Bertz CT molecular complexity index is 747. The van der Waals surface area contributed by atoms with Crippen molar-refractivity contribution in [1.29, 1.82) is 0 Å². The van der Waals surface area contributed by atoms with E-state index < -0.39 is 0 Å². The van der Waals surface area contributed by atoms with Crippen LogP contribution >= 0.6 is 0 Å². The highest BCUT2D eigenvalue weighted by Crippen LogP contribution is 2.30. The normalized spacial score (nSPS) is 11.1. The van der Waals surface area contributed by atoms with Gasteiger partial charge in [-0.15, -0.1) is 0 Å². The molecule has 0 aliphatic carbocycles. The van der Waals surface area contributed by atoms with Crippen molar-refractivity contribution in [2.45, 2.75) is 6.92 Å². The van der Waals surface area contributed by atoms with Crippen molar-refractivity contribution >= 4 is 21.5 Å². The van der Waals surface area contributed by atoms with Gasteiger partial charge in [0.15, 0.2) is 11.6 Å². The lowest BCUT2D eigenvalue weighted by Gasteiger charge is -2.08. The number of rotatable bonds is 1. The Morgan fingerprint density at radius 3 is 2.33 bits per heavy atom. The zero-order chi connectivity index (χ0) is 12.7. The third-order valence-corrected chi connectivity index (χ3v) is 3.26. The molecule has 0 saturated carbocycles. The van der Waals surface area contributed by atoms with Crippen molar-refractivity contribution in [3.05, 3.63) is 53.8 Å². The Balaban J connectivity index is 2.43. The number of aryl methyl sites for hydroxylation is 1. The minimum atomic E-state index is -0.321. The molecule has 1 nitrogen and oxygen atoms in total. The number of fused-ring (bicyclic) bond motifs is 3. The second kappa shape index (κ2) is 3.98. The standard InChI is InChI=1S/C16H13FO/c1-10-3-6-13-11(7-10)4-5-12-8-16(18-2)15(17)9-14(12)13/h3-9H,1-2H3. The molecule has 3 aromatic carbocycles. The lowest BCUT2D eigenvalue weighted by molar-refractivity contribution is 0.387. The zero-order valence-electron chi connectivity index (χ0n) is 10.3. The fourth-order valence-electron chi connectivity index (χ4n) is 2.34. The van der Waals surface area contributed by atoms with Crippen molar-refractivity contribution in [3.63, 3.8) is 0 Å². The van der Waals surface area contributed by atoms with E-state index in [1.807, 2.05) is 18.2 Å². The molecule has 0 heterocycles. The minimum Gasteiger partial charge on any atom is -0.494 e. The van der Waals surface area contributed by atoms with Crippen molar-refractivity contribution in [2.75, 3.05) is 7.11 Å². The maximum atomic E-state index is 13.8. The van der Waals surface area contributed by atoms with Crippen LogP contribution in [0.1, 0.15) is 5.56 Å². The van der Waals surface area contributed by atoms with Gasteiger partial charge in [-0.2, -0.15) is 0 Å². The van der Waals surface area contributed by atoms with Crippen LogP contribution in [0, 0.1) is 12.7 Å². The third kappa shape index (κ3) is 1.61. The molecule has 0 aliphatic heterocycles. The quantitative estimate of drug-likeness (QED) is 0.571. The predicted octanol–water partition coefficient (Wildman–Crippen LogP) is 4.45. The van der Waals surface area contributed by atoms with Crippen molar-refractivity contribution in [3.8, 4) is 5.75 Å². The van der Waals surface area contributed by atoms with E-state index in [1.165, 1.54) is 12.7 Å². The Morgan fingerprint density at radius 1 is 0.889 bits per heavy atom. The summed E-state index contributed by atoms with van der Waals surface area (Å²) in [6.45, 7) is 2.05. The van der Waals surface area contributed by atoms with E-state index in [4.69, 9.17) is 4.74 Å². The van der Waals surface area contributed by atoms with Crippen LogP contribution in [0.2, 0.25) is 0 Å². The molecule has 0 fully saturated rings. The van der Waals surface area contributed by atoms with Crippen LogP contribution in [0.5, 0.6) is 5.75 Å². The van der Waals surface area contributed by atoms with Crippen molar-refractivity contribution in [1.82, 2.24) is 0 Å². The molecular formula is C16H13FO. The summed E-state index contributed by atoms with van der Waals surface area (Å²) < 4.78 is 18.8. The summed E-state index contributed by atoms with van der Waals surface area (Å²) in [6, 6.07) is 13.5. The summed E-state index contributed by atoms with van der Waals surface area (Å²) in [6.07, 6.45) is 0. The van der Waals surface area contributed by atoms with E-state index in [2.05, 4.69) is 19.1 Å². The van der Waals surface area contributed by atoms with E-state index in [1.54, 1.807) is 12.1 Å². The maximum Gasteiger partial charge on any atom is 0.165 e. The molecule has 3 rings (SSSR count). The molecule has 0 bridgehead atoms. The highest BCUT2D eigenvalue weighted by Gasteiger charge is 2.07. The van der Waals surface area contributed by atoms with Gasteiger partial charge in [-0.3, -0.25) is 0 Å². The maximum absolute atomic E-state index is 13.8. The van der Waals surface area contributed by atoms with Gasteiger partial charge >= 0.3 is 0 Å². The Hall–Kier alpha value is -2.09. The van der Waals surface area contributed by atoms with Gasteiger partial charge in [0.1, 0.15) is 0 Å². The number of hydrogen-bond acceptors (Lipinski definition) is 1. The van der Waals surface area contributed by atoms with Gasteiger partial charge in [0.05, 0.1) is 7.11 Å². The smallest absolute Gasteiger partial charge is 0.165 e. The summed E-state index contributed by atoms with van der Waals surface area (Å²) in [5.41, 5.74) is 1.20. The van der Waals surface area contributed by atoms with E-state index >= 15 is 0 Å². The first kappa shape index (κ1) is 11.0. The van der Waals surface area contributed by atoms with Gasteiger partial charge in [0.25, 0.3) is 0 Å². The lowest BCUT2D eigenvalue weighted by Crippen LogP contribution is -1.89. The summed E-state index contributed by atoms with van der Waals surface area (Å²) in [5, 5.41) is 4.11. The first-order valence-electron chi connectivity index (χ1n) is 5.85. The Labute approximate surface area is 105 Å². The average Bonchev–Trinajstić information content (AvgIpc) is 2.37. The monoisotopic (exact) mass is 240 g/mol. The minimum absolute atomic E-state index is 0.286. The molecule has 0 N–H and O–H groups in total. The average molecular weight is 240 g/mol. The molecule has 0 aromatic heterocycles. The predicted molar refractivity (Wildman–Crippen MR) is 72.7 cm³/mol. The highest BCUT2D eigenvalue weighted by molar-refractivity contribution is 6.07. The topological polar surface area (TPSA) is 9.23 Å². The summed E-state index contributed by atoms with van der Waals surface area (Å²) >= 11 is 0. The Morgan fingerprint density at radius 2 is 1.61 bits per heavy atom. The molecule has 3 aromatic rings. The molecule has 0 atom stereocenters. The number of methoxy groups -OCH3 is 1. The second-order valence-corrected chi connectivity index (χ2v) is 4.50. The molecule has 0 unspecified atom stereocenters. The molecule has 18 heavy (non-hydrogen) atoms. The number of benzene rings is 3.